The van der Waals surface area contributed by atoms with Crippen LogP contribution in [0.1, 0.15) is 62.5 Å². The van der Waals surface area contributed by atoms with Crippen LogP contribution in [0.5, 0.6) is 0 Å². The zero-order valence-corrected chi connectivity index (χ0v) is 23.0. The van der Waals surface area contributed by atoms with Crippen molar-refractivity contribution >= 4 is 41.7 Å². The van der Waals surface area contributed by atoms with E-state index in [1.165, 1.54) is 11.8 Å². The van der Waals surface area contributed by atoms with Gasteiger partial charge in [0.1, 0.15) is 30.4 Å². The smallest absolute Gasteiger partial charge is 0.290 e. The Kier molecular flexibility index (Phi) is 10.5. The van der Waals surface area contributed by atoms with E-state index in [1.807, 2.05) is 6.92 Å². The number of aliphatic hydroxyl groups is 1. The van der Waals surface area contributed by atoms with Crippen LogP contribution in [0.3, 0.4) is 0 Å². The van der Waals surface area contributed by atoms with Crippen molar-refractivity contribution < 1.29 is 43.1 Å². The number of aliphatic hydroxyl groups excluding tert-OH is 1. The average molecular weight is 578 g/mol. The van der Waals surface area contributed by atoms with Gasteiger partial charge in [0.25, 0.3) is 11.8 Å². The molecule has 1 aromatic rings. The van der Waals surface area contributed by atoms with Crippen LogP contribution in [0.2, 0.25) is 0 Å². The molecule has 2 bridgehead atoms. The molecule has 6 amide bonds. The van der Waals surface area contributed by atoms with Crippen molar-refractivity contribution in [3.05, 3.63) is 17.8 Å². The van der Waals surface area contributed by atoms with E-state index in [-0.39, 0.29) is 43.3 Å². The molecule has 0 spiro atoms. The monoisotopic (exact) mass is 577 g/mol. The van der Waals surface area contributed by atoms with E-state index in [1.54, 1.807) is 6.92 Å². The van der Waals surface area contributed by atoms with Crippen LogP contribution >= 0.6 is 0 Å². The molecule has 2 aliphatic rings. The standard InChI is InChI=1S/C25H35N7O9/c1-4-5-14-19(35)23(39)28-13(3)24-31-17(10-41-24)21(37)30-16(9-33)20(36)26-7-15(27-11-34)25(40)32-8-12(2)6-18(32)22(38)29-14/h10-16,18,33H,4-9H2,1-3H3,(H,26,36)(H,27,34)(H,28,39)(H,29,38)(H,30,37). The number of Topliss-reactive ketones (excluding diaryl/α,β-unsaturated/α-hetero) is 1. The molecule has 3 heterocycles. The second kappa shape index (κ2) is 13.8. The van der Waals surface area contributed by atoms with Gasteiger partial charge < -0.3 is 41.0 Å². The van der Waals surface area contributed by atoms with Gasteiger partial charge in [-0.1, -0.05) is 20.3 Å². The Morgan fingerprint density at radius 2 is 1.80 bits per heavy atom. The Bertz CT molecular complexity index is 1190. The van der Waals surface area contributed by atoms with Gasteiger partial charge in [0, 0.05) is 13.1 Å². The largest absolute Gasteiger partial charge is 0.446 e. The van der Waals surface area contributed by atoms with Crippen molar-refractivity contribution in [1.82, 2.24) is 36.5 Å². The number of amides is 6. The van der Waals surface area contributed by atoms with Gasteiger partial charge >= 0.3 is 0 Å². The lowest BCUT2D eigenvalue weighted by atomic mass is 10.0. The third-order valence-electron chi connectivity index (χ3n) is 6.85. The Balaban J connectivity index is 1.96. The molecule has 6 N–H and O–H groups in total. The summed E-state index contributed by atoms with van der Waals surface area (Å²) < 4.78 is 5.26. The molecule has 1 saturated heterocycles. The van der Waals surface area contributed by atoms with Gasteiger partial charge in [-0.05, 0) is 25.7 Å². The lowest BCUT2D eigenvalue weighted by Crippen LogP contribution is -2.58. The summed E-state index contributed by atoms with van der Waals surface area (Å²) in [5.74, 6) is -5.18. The fourth-order valence-corrected chi connectivity index (χ4v) is 4.69. The number of aromatic nitrogens is 1. The van der Waals surface area contributed by atoms with Crippen LogP contribution in [0, 0.1) is 5.92 Å². The molecule has 0 radical (unpaired) electrons. The summed E-state index contributed by atoms with van der Waals surface area (Å²) in [4.78, 5) is 94.5. The van der Waals surface area contributed by atoms with E-state index in [0.29, 0.717) is 6.42 Å². The van der Waals surface area contributed by atoms with Crippen LogP contribution in [0.25, 0.3) is 0 Å². The molecule has 3 rings (SSSR count). The highest BCUT2D eigenvalue weighted by molar-refractivity contribution is 6.38. The number of hydrogen-bond donors (Lipinski definition) is 6. The minimum atomic E-state index is -1.45. The Hall–Kier alpha value is -4.34. The van der Waals surface area contributed by atoms with Crippen molar-refractivity contribution in [2.75, 3.05) is 19.7 Å². The first kappa shape index (κ1) is 31.2. The van der Waals surface area contributed by atoms with Gasteiger partial charge in [0.2, 0.25) is 35.8 Å². The first-order valence-corrected chi connectivity index (χ1v) is 13.3. The molecular weight excluding hydrogens is 542 g/mol. The van der Waals surface area contributed by atoms with E-state index in [4.69, 9.17) is 4.42 Å². The molecule has 6 unspecified atom stereocenters. The number of carbonyl (C=O) groups is 7. The molecule has 0 aliphatic carbocycles. The normalized spacial score (nSPS) is 28.6. The maximum atomic E-state index is 13.4. The summed E-state index contributed by atoms with van der Waals surface area (Å²) in [7, 11) is 0. The first-order valence-electron chi connectivity index (χ1n) is 13.3. The zero-order chi connectivity index (χ0) is 30.3. The molecule has 6 atom stereocenters. The summed E-state index contributed by atoms with van der Waals surface area (Å²) >= 11 is 0. The molecule has 16 nitrogen and oxygen atoms in total. The summed E-state index contributed by atoms with van der Waals surface area (Å²) in [5, 5.41) is 21.8. The molecule has 2 aliphatic heterocycles. The Morgan fingerprint density at radius 1 is 1.07 bits per heavy atom. The average Bonchev–Trinajstić information content (AvgIpc) is 3.59. The second-order valence-electron chi connectivity index (χ2n) is 10.1. The number of nitrogens with one attached hydrogen (secondary N) is 5. The molecule has 1 fully saturated rings. The van der Waals surface area contributed by atoms with Crippen LogP contribution in [-0.2, 0) is 28.8 Å². The summed E-state index contributed by atoms with van der Waals surface area (Å²) in [6, 6.07) is -5.85. The lowest BCUT2D eigenvalue weighted by Gasteiger charge is -2.29. The number of carbonyl (C=O) groups excluding carboxylic acids is 7. The van der Waals surface area contributed by atoms with Crippen molar-refractivity contribution in [3.8, 4) is 0 Å². The summed E-state index contributed by atoms with van der Waals surface area (Å²) in [6.45, 7) is 4.01. The number of nitrogens with zero attached hydrogens (tertiary/aromatic N) is 2. The maximum absolute atomic E-state index is 13.4. The third-order valence-corrected chi connectivity index (χ3v) is 6.85. The summed E-state index contributed by atoms with van der Waals surface area (Å²) in [5.41, 5.74) is -0.269. The Labute approximate surface area is 235 Å². The van der Waals surface area contributed by atoms with Gasteiger partial charge in [-0.15, -0.1) is 0 Å². The SMILES string of the molecule is CCCC1NC(=O)C2CC(C)CN2C(=O)C(NC=O)CNC(=O)C(CO)NC(=O)c2coc(n2)C(C)NC(=O)C1=O. The van der Waals surface area contributed by atoms with Crippen LogP contribution in [-0.4, -0.2) is 101 Å². The van der Waals surface area contributed by atoms with Gasteiger partial charge in [0.05, 0.1) is 12.6 Å². The molecule has 0 saturated carbocycles. The van der Waals surface area contributed by atoms with Gasteiger partial charge in [-0.2, -0.15) is 0 Å². The maximum Gasteiger partial charge on any atom is 0.290 e. The predicted octanol–water partition coefficient (Wildman–Crippen LogP) is -2.72. The van der Waals surface area contributed by atoms with E-state index < -0.39 is 78.7 Å². The van der Waals surface area contributed by atoms with Crippen LogP contribution < -0.4 is 26.6 Å². The minimum absolute atomic E-state index is 0.105. The number of oxazole rings is 1. The quantitative estimate of drug-likeness (QED) is 0.156. The molecular formula is C25H35N7O9. The van der Waals surface area contributed by atoms with E-state index >= 15 is 0 Å². The number of ketones is 1. The van der Waals surface area contributed by atoms with Crippen molar-refractivity contribution in [1.29, 1.82) is 0 Å². The van der Waals surface area contributed by atoms with Crippen LogP contribution in [0.15, 0.2) is 10.7 Å². The summed E-state index contributed by atoms with van der Waals surface area (Å²) in [6.07, 6.45) is 2.12. The fourth-order valence-electron chi connectivity index (χ4n) is 4.69. The fraction of sp³-hybridized carbons (Fsp3) is 0.600. The Morgan fingerprint density at radius 3 is 2.46 bits per heavy atom. The highest BCUT2D eigenvalue weighted by Crippen LogP contribution is 2.24. The van der Waals surface area contributed by atoms with E-state index in [2.05, 4.69) is 31.6 Å². The van der Waals surface area contributed by atoms with E-state index in [0.717, 1.165) is 6.26 Å². The first-order chi connectivity index (χ1) is 19.5. The second-order valence-corrected chi connectivity index (χ2v) is 10.1. The highest BCUT2D eigenvalue weighted by Gasteiger charge is 2.42. The molecule has 41 heavy (non-hydrogen) atoms. The van der Waals surface area contributed by atoms with Gasteiger partial charge in [-0.25, -0.2) is 4.98 Å². The topological polar surface area (TPSA) is 229 Å². The lowest BCUT2D eigenvalue weighted by molar-refractivity contribution is -0.143. The highest BCUT2D eigenvalue weighted by atomic mass is 16.3. The number of hydrogen-bond acceptors (Lipinski definition) is 10. The third kappa shape index (κ3) is 7.45. The van der Waals surface area contributed by atoms with Crippen molar-refractivity contribution in [2.24, 2.45) is 5.92 Å². The zero-order valence-electron chi connectivity index (χ0n) is 23.0. The molecule has 16 heteroatoms. The molecule has 0 aromatic carbocycles. The predicted molar refractivity (Wildman–Crippen MR) is 139 cm³/mol. The van der Waals surface area contributed by atoms with Crippen LogP contribution in [0.4, 0.5) is 0 Å². The van der Waals surface area contributed by atoms with Gasteiger partial charge in [0.15, 0.2) is 5.69 Å². The molecule has 224 valence electrons. The van der Waals surface area contributed by atoms with Crippen molar-refractivity contribution in [2.45, 2.75) is 70.2 Å². The van der Waals surface area contributed by atoms with E-state index in [9.17, 15) is 38.7 Å². The number of rotatable bonds is 5. The van der Waals surface area contributed by atoms with Crippen molar-refractivity contribution in [3.63, 3.8) is 0 Å². The number of fused-ring (bicyclic) bond motifs is 3. The molecule has 1 aromatic heterocycles. The minimum Gasteiger partial charge on any atom is -0.446 e. The van der Waals surface area contributed by atoms with Gasteiger partial charge in [-0.3, -0.25) is 33.6 Å².